The number of aryl methyl sites for hydroxylation is 1. The highest BCUT2D eigenvalue weighted by molar-refractivity contribution is 6.34. The number of amides is 2. The molecule has 2 aliphatic rings. The van der Waals surface area contributed by atoms with Crippen molar-refractivity contribution in [2.45, 2.75) is 26.9 Å². The molecule has 0 radical (unpaired) electrons. The van der Waals surface area contributed by atoms with Crippen molar-refractivity contribution >= 4 is 69.6 Å². The van der Waals surface area contributed by atoms with Crippen LogP contribution >= 0.6 is 46.4 Å². The summed E-state index contributed by atoms with van der Waals surface area (Å²) in [7, 11) is 3.19. The Kier molecular flexibility index (Phi) is 14.3. The number of nitrogens with zero attached hydrogens (tertiary/aromatic N) is 12. The van der Waals surface area contributed by atoms with Crippen LogP contribution in [0.25, 0.3) is 23.0 Å². The van der Waals surface area contributed by atoms with E-state index >= 15 is 0 Å². The molecule has 62 heavy (non-hydrogen) atoms. The van der Waals surface area contributed by atoms with Gasteiger partial charge in [0.15, 0.2) is 11.6 Å². The Labute approximate surface area is 378 Å². The van der Waals surface area contributed by atoms with Crippen molar-refractivity contribution in [1.82, 2.24) is 49.3 Å². The lowest BCUT2D eigenvalue weighted by molar-refractivity contribution is -0.133. The van der Waals surface area contributed by atoms with Gasteiger partial charge in [0.05, 0.1) is 45.7 Å². The Morgan fingerprint density at radius 3 is 1.52 bits per heavy atom. The summed E-state index contributed by atoms with van der Waals surface area (Å²) in [5.74, 6) is 2.14. The quantitative estimate of drug-likeness (QED) is 0.145. The van der Waals surface area contributed by atoms with E-state index in [2.05, 4.69) is 39.9 Å². The highest BCUT2D eigenvalue weighted by Crippen LogP contribution is 2.32. The van der Waals surface area contributed by atoms with Gasteiger partial charge in [-0.3, -0.25) is 19.0 Å². The standard InChI is InChI=1S/2C21H22Cl2N6O2/c1-14-19(23)20(21-24-6-3-7-25-21)26-29(14)13-18(30)28-10-8-27(9-11-28)15-4-5-16(22)17(12-15)31-2;1-14-19(23)20(21-24-6-3-7-25-21)29(26-14)13-18(30)28-10-8-27(9-11-28)15-4-5-16(22)17(12-15)31-2/h2*3-7,12H,8-11,13H2,1-2H3. The molecule has 20 heteroatoms. The third-order valence-electron chi connectivity index (χ3n) is 10.6. The predicted octanol–water partition coefficient (Wildman–Crippen LogP) is 6.63. The lowest BCUT2D eigenvalue weighted by Gasteiger charge is -2.36. The van der Waals surface area contributed by atoms with E-state index in [0.717, 1.165) is 24.5 Å². The molecule has 0 N–H and O–H groups in total. The van der Waals surface area contributed by atoms with Crippen molar-refractivity contribution in [2.75, 3.05) is 76.4 Å². The normalized spacial score (nSPS) is 14.1. The number of halogens is 4. The molecule has 6 aromatic rings. The van der Waals surface area contributed by atoms with E-state index in [1.165, 1.54) is 0 Å². The van der Waals surface area contributed by atoms with Crippen molar-refractivity contribution in [1.29, 1.82) is 0 Å². The number of benzene rings is 2. The summed E-state index contributed by atoms with van der Waals surface area (Å²) >= 11 is 25.1. The first-order valence-corrected chi connectivity index (χ1v) is 21.2. The second kappa shape index (κ2) is 20.0. The second-order valence-corrected chi connectivity index (χ2v) is 15.9. The summed E-state index contributed by atoms with van der Waals surface area (Å²) in [6.45, 7) is 9.15. The van der Waals surface area contributed by atoms with Crippen LogP contribution in [0.4, 0.5) is 11.4 Å². The van der Waals surface area contributed by atoms with E-state index in [-0.39, 0.29) is 24.9 Å². The van der Waals surface area contributed by atoms with Crippen LogP contribution in [0.3, 0.4) is 0 Å². The lowest BCUT2D eigenvalue weighted by atomic mass is 10.2. The second-order valence-electron chi connectivity index (χ2n) is 14.3. The van der Waals surface area contributed by atoms with Gasteiger partial charge in [-0.15, -0.1) is 0 Å². The molecule has 16 nitrogen and oxygen atoms in total. The fraction of sp³-hybridized carbons (Fsp3) is 0.333. The molecule has 2 saturated heterocycles. The Hall–Kier alpha value is -5.68. The molecule has 0 unspecified atom stereocenters. The fourth-order valence-electron chi connectivity index (χ4n) is 7.13. The van der Waals surface area contributed by atoms with E-state index in [1.54, 1.807) is 67.4 Å². The first kappa shape index (κ1) is 44.4. The molecule has 0 bridgehead atoms. The molecule has 2 fully saturated rings. The molecular weight excluding hydrogens is 878 g/mol. The van der Waals surface area contributed by atoms with Crippen LogP contribution in [0.1, 0.15) is 11.4 Å². The van der Waals surface area contributed by atoms with Gasteiger partial charge < -0.3 is 29.1 Å². The molecule has 0 atom stereocenters. The summed E-state index contributed by atoms with van der Waals surface area (Å²) in [4.78, 5) is 50.9. The summed E-state index contributed by atoms with van der Waals surface area (Å²) in [6, 6.07) is 14.9. The van der Waals surface area contributed by atoms with Crippen molar-refractivity contribution in [3.05, 3.63) is 105 Å². The van der Waals surface area contributed by atoms with Crippen molar-refractivity contribution in [2.24, 2.45) is 0 Å². The molecule has 4 aromatic heterocycles. The number of carbonyl (C=O) groups is 2. The predicted molar refractivity (Wildman–Crippen MR) is 240 cm³/mol. The average Bonchev–Trinajstić information content (AvgIpc) is 3.75. The van der Waals surface area contributed by atoms with Crippen LogP contribution in [0.15, 0.2) is 73.3 Å². The van der Waals surface area contributed by atoms with Crippen LogP contribution in [0, 0.1) is 13.8 Å². The smallest absolute Gasteiger partial charge is 0.244 e. The monoisotopic (exact) mass is 920 g/mol. The molecule has 2 aromatic carbocycles. The summed E-state index contributed by atoms with van der Waals surface area (Å²) in [5.41, 5.74) is 4.43. The number of methoxy groups -OCH3 is 2. The van der Waals surface area contributed by atoms with Crippen LogP contribution in [-0.2, 0) is 22.7 Å². The zero-order valence-electron chi connectivity index (χ0n) is 34.5. The van der Waals surface area contributed by atoms with Gasteiger partial charge in [-0.25, -0.2) is 19.9 Å². The third kappa shape index (κ3) is 9.99. The average molecular weight is 923 g/mol. The first-order valence-electron chi connectivity index (χ1n) is 19.7. The Morgan fingerprint density at radius 1 is 0.597 bits per heavy atom. The minimum Gasteiger partial charge on any atom is -0.495 e. The number of carbonyl (C=O) groups excluding carboxylic acids is 2. The van der Waals surface area contributed by atoms with Gasteiger partial charge in [-0.2, -0.15) is 10.2 Å². The number of piperazine rings is 2. The molecule has 0 spiro atoms. The Morgan fingerprint density at radius 2 is 1.05 bits per heavy atom. The molecule has 8 rings (SSSR count). The third-order valence-corrected chi connectivity index (χ3v) is 12.1. The van der Waals surface area contributed by atoms with Gasteiger partial charge in [0.25, 0.3) is 0 Å². The minimum absolute atomic E-state index is 0.00358. The van der Waals surface area contributed by atoms with E-state index in [4.69, 9.17) is 55.9 Å². The van der Waals surface area contributed by atoms with Gasteiger partial charge in [-0.1, -0.05) is 46.4 Å². The van der Waals surface area contributed by atoms with Crippen LogP contribution in [0.2, 0.25) is 20.1 Å². The number of rotatable bonds is 10. The largest absolute Gasteiger partial charge is 0.495 e. The first-order chi connectivity index (χ1) is 29.9. The minimum atomic E-state index is -0.0234. The highest BCUT2D eigenvalue weighted by Gasteiger charge is 2.27. The van der Waals surface area contributed by atoms with Gasteiger partial charge in [0.1, 0.15) is 36.0 Å². The zero-order chi connectivity index (χ0) is 43.9. The van der Waals surface area contributed by atoms with E-state index < -0.39 is 0 Å². The van der Waals surface area contributed by atoms with Gasteiger partial charge in [0, 0.05) is 101 Å². The van der Waals surface area contributed by atoms with Crippen LogP contribution in [0.5, 0.6) is 11.5 Å². The molecule has 2 amide bonds. The Bertz CT molecular complexity index is 2510. The van der Waals surface area contributed by atoms with E-state index in [0.29, 0.717) is 105 Å². The van der Waals surface area contributed by atoms with Gasteiger partial charge >= 0.3 is 0 Å². The van der Waals surface area contributed by atoms with E-state index in [1.807, 2.05) is 53.1 Å². The summed E-state index contributed by atoms with van der Waals surface area (Å²) in [5, 5.41) is 11.0. The molecule has 324 valence electrons. The number of ether oxygens (including phenoxy) is 2. The van der Waals surface area contributed by atoms with Crippen molar-refractivity contribution in [3.63, 3.8) is 0 Å². The van der Waals surface area contributed by atoms with Gasteiger partial charge in [0.2, 0.25) is 11.8 Å². The maximum atomic E-state index is 13.0. The van der Waals surface area contributed by atoms with E-state index in [9.17, 15) is 9.59 Å². The number of anilines is 2. The molecule has 0 aliphatic carbocycles. The van der Waals surface area contributed by atoms with Crippen LogP contribution < -0.4 is 19.3 Å². The molecule has 2 aliphatic heterocycles. The topological polar surface area (TPSA) is 153 Å². The fourth-order valence-corrected chi connectivity index (χ4v) is 7.96. The highest BCUT2D eigenvalue weighted by atomic mass is 35.5. The number of aromatic nitrogens is 8. The summed E-state index contributed by atoms with van der Waals surface area (Å²) in [6.07, 6.45) is 6.54. The zero-order valence-corrected chi connectivity index (χ0v) is 37.5. The van der Waals surface area contributed by atoms with Crippen molar-refractivity contribution < 1.29 is 19.1 Å². The maximum Gasteiger partial charge on any atom is 0.244 e. The summed E-state index contributed by atoms with van der Waals surface area (Å²) < 4.78 is 13.8. The van der Waals surface area contributed by atoms with Crippen LogP contribution in [-0.4, -0.2) is 128 Å². The number of hydrogen-bond donors (Lipinski definition) is 0. The van der Waals surface area contributed by atoms with Gasteiger partial charge in [-0.05, 0) is 50.2 Å². The maximum absolute atomic E-state index is 13.0. The SMILES string of the molecule is COc1cc(N2CCN(C(=O)Cn3nc(-c4ncccn4)c(Cl)c3C)CC2)ccc1Cl.COc1cc(N2CCN(C(=O)Cn3nc(C)c(Cl)c3-c3ncccn3)CC2)ccc1Cl. The lowest BCUT2D eigenvalue weighted by Crippen LogP contribution is -2.49. The molecule has 0 saturated carbocycles. The molecular formula is C42H44Cl4N12O4. The van der Waals surface area contributed by atoms with Crippen molar-refractivity contribution in [3.8, 4) is 34.5 Å². The number of hydrogen-bond acceptors (Lipinski definition) is 12. The molecule has 6 heterocycles. The Balaban J connectivity index is 0.000000186.